The van der Waals surface area contributed by atoms with E-state index in [1.54, 1.807) is 0 Å². The summed E-state index contributed by atoms with van der Waals surface area (Å²) in [4.78, 5) is 10.2. The van der Waals surface area contributed by atoms with Crippen LogP contribution in [0.15, 0.2) is 60.7 Å². The van der Waals surface area contributed by atoms with Gasteiger partial charge in [-0.1, -0.05) is 50.9 Å². The van der Waals surface area contributed by atoms with Crippen LogP contribution in [0.3, 0.4) is 0 Å². The van der Waals surface area contributed by atoms with Gasteiger partial charge in [0.1, 0.15) is 22.8 Å². The third-order valence-electron chi connectivity index (χ3n) is 8.46. The van der Waals surface area contributed by atoms with Gasteiger partial charge in [0.25, 0.3) is 0 Å². The molecule has 4 aromatic rings. The maximum absolute atomic E-state index is 6.40. The molecule has 0 unspecified atom stereocenters. The minimum atomic E-state index is 0.618. The number of benzene rings is 3. The minimum Gasteiger partial charge on any atom is -0.493 e. The maximum atomic E-state index is 6.40. The summed E-state index contributed by atoms with van der Waals surface area (Å²) in [7, 11) is 0. The number of anilines is 1. The Bertz CT molecular complexity index is 1420. The summed E-state index contributed by atoms with van der Waals surface area (Å²) < 4.78 is 14.9. The molecular formula is C36H47ClN4O2. The van der Waals surface area contributed by atoms with Crippen LogP contribution < -0.4 is 14.4 Å². The van der Waals surface area contributed by atoms with Gasteiger partial charge in [-0.3, -0.25) is 0 Å². The summed E-state index contributed by atoms with van der Waals surface area (Å²) >= 11 is 6.02. The summed E-state index contributed by atoms with van der Waals surface area (Å²) in [5, 5.41) is 0.757. The number of imidazole rings is 1. The summed E-state index contributed by atoms with van der Waals surface area (Å²) in [6.07, 6.45) is 6.52. The molecule has 0 amide bonds. The van der Waals surface area contributed by atoms with Crippen LogP contribution in [0.5, 0.6) is 11.5 Å². The van der Waals surface area contributed by atoms with Gasteiger partial charge in [0.15, 0.2) is 0 Å². The molecule has 0 spiro atoms. The van der Waals surface area contributed by atoms with Gasteiger partial charge in [-0.15, -0.1) is 0 Å². The van der Waals surface area contributed by atoms with Gasteiger partial charge >= 0.3 is 0 Å². The molecule has 0 N–H and O–H groups in total. The van der Waals surface area contributed by atoms with Gasteiger partial charge in [0.05, 0.1) is 24.4 Å². The van der Waals surface area contributed by atoms with Crippen molar-refractivity contribution in [2.75, 3.05) is 50.8 Å². The van der Waals surface area contributed by atoms with E-state index in [9.17, 15) is 0 Å². The Morgan fingerprint density at radius 2 is 1.56 bits per heavy atom. The zero-order valence-corrected chi connectivity index (χ0v) is 26.9. The molecule has 230 valence electrons. The standard InChI is InChI=1S/C36H47ClN4O2/c1-4-7-23-41-34-27-32(42-24-10-20-39(5-2)6-3)26-33(40-21-8-9-22-40)35(34)38-36(41)29-13-17-31(18-14-29)43-25-19-28-11-15-30(37)16-12-28/h11-18,26-27H,4-10,19-25H2,1-3H3. The van der Waals surface area contributed by atoms with Crippen LogP contribution in [0.2, 0.25) is 5.02 Å². The number of rotatable bonds is 16. The third kappa shape index (κ3) is 8.04. The number of ether oxygens (including phenoxy) is 2. The molecule has 0 atom stereocenters. The Hall–Kier alpha value is -3.22. The van der Waals surface area contributed by atoms with Crippen LogP contribution in [0.25, 0.3) is 22.4 Å². The lowest BCUT2D eigenvalue weighted by Gasteiger charge is -2.20. The second kappa shape index (κ2) is 15.5. The van der Waals surface area contributed by atoms with E-state index < -0.39 is 0 Å². The second-order valence-electron chi connectivity index (χ2n) is 11.4. The summed E-state index contributed by atoms with van der Waals surface area (Å²) in [5.74, 6) is 2.82. The minimum absolute atomic E-state index is 0.618. The van der Waals surface area contributed by atoms with Crippen molar-refractivity contribution in [3.05, 3.63) is 71.2 Å². The normalized spacial score (nSPS) is 13.4. The Morgan fingerprint density at radius 3 is 2.26 bits per heavy atom. The van der Waals surface area contributed by atoms with E-state index in [1.165, 1.54) is 24.1 Å². The molecule has 6 nitrogen and oxygen atoms in total. The van der Waals surface area contributed by atoms with E-state index in [0.29, 0.717) is 6.61 Å². The summed E-state index contributed by atoms with van der Waals surface area (Å²) in [5.41, 5.74) is 5.76. The van der Waals surface area contributed by atoms with Crippen LogP contribution in [0, 0.1) is 0 Å². The zero-order valence-electron chi connectivity index (χ0n) is 26.2. The van der Waals surface area contributed by atoms with E-state index in [4.69, 9.17) is 26.1 Å². The fourth-order valence-corrected chi connectivity index (χ4v) is 6.01. The molecule has 1 aliphatic rings. The van der Waals surface area contributed by atoms with Gasteiger partial charge in [-0.2, -0.15) is 0 Å². The lowest BCUT2D eigenvalue weighted by molar-refractivity contribution is 0.249. The number of nitrogens with zero attached hydrogens (tertiary/aromatic N) is 4. The highest BCUT2D eigenvalue weighted by Crippen LogP contribution is 2.37. The van der Waals surface area contributed by atoms with Crippen molar-refractivity contribution >= 4 is 28.3 Å². The molecule has 0 saturated carbocycles. The number of aryl methyl sites for hydroxylation is 1. The van der Waals surface area contributed by atoms with Crippen molar-refractivity contribution in [2.45, 2.75) is 65.8 Å². The fourth-order valence-electron chi connectivity index (χ4n) is 5.88. The monoisotopic (exact) mass is 602 g/mol. The molecule has 0 radical (unpaired) electrons. The number of aromatic nitrogens is 2. The SMILES string of the molecule is CCCCn1c(-c2ccc(OCCc3ccc(Cl)cc3)cc2)nc2c(N3CCCC3)cc(OCCCN(CC)CC)cc21. The predicted octanol–water partition coefficient (Wildman–Crippen LogP) is 8.49. The van der Waals surface area contributed by atoms with Crippen LogP contribution in [0.1, 0.15) is 58.4 Å². The first kappa shape index (κ1) is 31.2. The molecule has 1 saturated heterocycles. The first-order chi connectivity index (χ1) is 21.1. The van der Waals surface area contributed by atoms with Crippen molar-refractivity contribution in [3.8, 4) is 22.9 Å². The number of unbranched alkanes of at least 4 members (excludes halogenated alkanes) is 1. The highest BCUT2D eigenvalue weighted by atomic mass is 35.5. The summed E-state index contributed by atoms with van der Waals surface area (Å²) in [6, 6.07) is 20.8. The topological polar surface area (TPSA) is 42.8 Å². The molecule has 3 aromatic carbocycles. The maximum Gasteiger partial charge on any atom is 0.141 e. The van der Waals surface area contributed by atoms with Crippen LogP contribution in [-0.2, 0) is 13.0 Å². The van der Waals surface area contributed by atoms with Crippen molar-refractivity contribution in [2.24, 2.45) is 0 Å². The first-order valence-corrected chi connectivity index (χ1v) is 16.6. The highest BCUT2D eigenvalue weighted by molar-refractivity contribution is 6.30. The zero-order chi connectivity index (χ0) is 30.0. The van der Waals surface area contributed by atoms with Gasteiger partial charge in [-0.05, 0) is 80.7 Å². The quantitative estimate of drug-likeness (QED) is 0.120. The molecule has 0 bridgehead atoms. The van der Waals surface area contributed by atoms with Gasteiger partial charge in [0, 0.05) is 55.3 Å². The molecule has 0 aliphatic carbocycles. The first-order valence-electron chi connectivity index (χ1n) is 16.2. The highest BCUT2D eigenvalue weighted by Gasteiger charge is 2.22. The lowest BCUT2D eigenvalue weighted by atomic mass is 10.1. The van der Waals surface area contributed by atoms with Crippen LogP contribution in [-0.4, -0.2) is 60.4 Å². The smallest absolute Gasteiger partial charge is 0.141 e. The molecule has 7 heteroatoms. The van der Waals surface area contributed by atoms with Crippen LogP contribution >= 0.6 is 11.6 Å². The molecule has 2 heterocycles. The fraction of sp³-hybridized carbons (Fsp3) is 0.472. The molecule has 5 rings (SSSR count). The van der Waals surface area contributed by atoms with Gasteiger partial charge in [-0.25, -0.2) is 4.98 Å². The molecule has 1 aromatic heterocycles. The van der Waals surface area contributed by atoms with Crippen molar-refractivity contribution in [1.29, 1.82) is 0 Å². The Morgan fingerprint density at radius 1 is 0.837 bits per heavy atom. The number of fused-ring (bicyclic) bond motifs is 1. The van der Waals surface area contributed by atoms with Crippen molar-refractivity contribution < 1.29 is 9.47 Å². The number of hydrogen-bond donors (Lipinski definition) is 0. The average molecular weight is 603 g/mol. The van der Waals surface area contributed by atoms with E-state index in [1.807, 2.05) is 12.1 Å². The predicted molar refractivity (Wildman–Crippen MR) is 180 cm³/mol. The largest absolute Gasteiger partial charge is 0.493 e. The van der Waals surface area contributed by atoms with Gasteiger partial charge in [0.2, 0.25) is 0 Å². The Labute approximate surface area is 262 Å². The molecule has 1 aliphatic heterocycles. The molecular weight excluding hydrogens is 556 g/mol. The van der Waals surface area contributed by atoms with Crippen molar-refractivity contribution in [1.82, 2.24) is 14.5 Å². The summed E-state index contributed by atoms with van der Waals surface area (Å²) in [6.45, 7) is 14.3. The average Bonchev–Trinajstić information content (AvgIpc) is 3.70. The lowest BCUT2D eigenvalue weighted by Crippen LogP contribution is -2.25. The number of hydrogen-bond acceptors (Lipinski definition) is 5. The molecule has 43 heavy (non-hydrogen) atoms. The van der Waals surface area contributed by atoms with Crippen molar-refractivity contribution in [3.63, 3.8) is 0 Å². The van der Waals surface area contributed by atoms with E-state index in [0.717, 1.165) is 111 Å². The van der Waals surface area contributed by atoms with Crippen LogP contribution in [0.4, 0.5) is 5.69 Å². The third-order valence-corrected chi connectivity index (χ3v) is 8.71. The van der Waals surface area contributed by atoms with Gasteiger partial charge < -0.3 is 23.8 Å². The Balaban J connectivity index is 1.39. The van der Waals surface area contributed by atoms with E-state index >= 15 is 0 Å². The molecule has 1 fully saturated rings. The second-order valence-corrected chi connectivity index (χ2v) is 11.9. The Kier molecular flexibility index (Phi) is 11.2. The number of halogens is 1. The van der Waals surface area contributed by atoms with E-state index in [-0.39, 0.29) is 0 Å². The van der Waals surface area contributed by atoms with E-state index in [2.05, 4.69) is 83.7 Å².